The van der Waals surface area contributed by atoms with Crippen LogP contribution in [-0.4, -0.2) is 9.13 Å². The Kier molecular flexibility index (Phi) is 5.70. The fraction of sp³-hybridized carbons (Fsp3) is 0. The van der Waals surface area contributed by atoms with E-state index in [0.29, 0.717) is 0 Å². The number of nitrogens with zero attached hydrogens (tertiary/aromatic N) is 2. The van der Waals surface area contributed by atoms with E-state index in [-0.39, 0.29) is 0 Å². The quantitative estimate of drug-likeness (QED) is 0.171. The molecule has 2 aromatic heterocycles. The van der Waals surface area contributed by atoms with Crippen LogP contribution in [0, 0.1) is 0 Å². The second-order valence-electron chi connectivity index (χ2n) is 13.3. The van der Waals surface area contributed by atoms with Gasteiger partial charge in [-0.25, -0.2) is 0 Å². The lowest BCUT2D eigenvalue weighted by Crippen LogP contribution is -1.97. The van der Waals surface area contributed by atoms with Crippen LogP contribution >= 0.6 is 0 Å². The summed E-state index contributed by atoms with van der Waals surface area (Å²) in [5.41, 5.74) is 9.74. The minimum Gasteiger partial charge on any atom is -0.309 e. The predicted octanol–water partition coefficient (Wildman–Crippen LogP) is 13.0. The molecule has 0 amide bonds. The molecule has 0 aliphatic carbocycles. The van der Waals surface area contributed by atoms with E-state index in [1.165, 1.54) is 98.4 Å². The summed E-state index contributed by atoms with van der Waals surface area (Å²) in [6, 6.07) is 66.8. The molecule has 0 aliphatic rings. The van der Waals surface area contributed by atoms with Crippen LogP contribution in [0.2, 0.25) is 0 Å². The standard InChI is InChI=1S/C48H30N2/c1-4-16-36-31(12-1)15-11-23-43(36)49-44-21-9-7-19-39(44)41-29-32(24-26-46(41)49)33-25-27-47-42(30-33)40-20-8-10-22-45(40)50(47)48-37-17-5-2-13-34(37)28-35-14-3-6-18-38(35)48/h1-30H. The molecule has 0 saturated carbocycles. The molecule has 11 aromatic rings. The maximum atomic E-state index is 2.49. The molecular formula is C48H30N2. The van der Waals surface area contributed by atoms with Crippen LogP contribution in [0.15, 0.2) is 182 Å². The van der Waals surface area contributed by atoms with Crippen molar-refractivity contribution >= 4 is 75.9 Å². The highest BCUT2D eigenvalue weighted by Gasteiger charge is 2.19. The van der Waals surface area contributed by atoms with E-state index in [9.17, 15) is 0 Å². The van der Waals surface area contributed by atoms with Gasteiger partial charge in [-0.15, -0.1) is 0 Å². The highest BCUT2D eigenvalue weighted by atomic mass is 15.0. The fourth-order valence-corrected chi connectivity index (χ4v) is 8.44. The van der Waals surface area contributed by atoms with Gasteiger partial charge in [0.2, 0.25) is 0 Å². The lowest BCUT2D eigenvalue weighted by Gasteiger charge is -2.15. The number of para-hydroxylation sites is 2. The summed E-state index contributed by atoms with van der Waals surface area (Å²) in [6.07, 6.45) is 0. The molecule has 0 aliphatic heterocycles. The number of benzene rings is 9. The molecule has 50 heavy (non-hydrogen) atoms. The first-order valence-corrected chi connectivity index (χ1v) is 17.3. The zero-order chi connectivity index (χ0) is 32.8. The van der Waals surface area contributed by atoms with Crippen LogP contribution in [0.5, 0.6) is 0 Å². The topological polar surface area (TPSA) is 9.86 Å². The fourth-order valence-electron chi connectivity index (χ4n) is 8.44. The Bertz CT molecular complexity index is 3100. The predicted molar refractivity (Wildman–Crippen MR) is 213 cm³/mol. The Balaban J connectivity index is 1.16. The molecule has 2 heterocycles. The van der Waals surface area contributed by atoms with Gasteiger partial charge in [-0.05, 0) is 75.8 Å². The van der Waals surface area contributed by atoms with Crippen molar-refractivity contribution in [2.24, 2.45) is 0 Å². The van der Waals surface area contributed by atoms with Crippen molar-refractivity contribution in [3.05, 3.63) is 182 Å². The second-order valence-corrected chi connectivity index (χ2v) is 13.3. The van der Waals surface area contributed by atoms with Gasteiger partial charge in [0, 0.05) is 37.7 Å². The van der Waals surface area contributed by atoms with Gasteiger partial charge >= 0.3 is 0 Å². The van der Waals surface area contributed by atoms with E-state index < -0.39 is 0 Å². The van der Waals surface area contributed by atoms with Crippen molar-refractivity contribution in [1.82, 2.24) is 9.13 Å². The van der Waals surface area contributed by atoms with Gasteiger partial charge < -0.3 is 9.13 Å². The van der Waals surface area contributed by atoms with Gasteiger partial charge in [0.25, 0.3) is 0 Å². The molecule has 11 rings (SSSR count). The third-order valence-electron chi connectivity index (χ3n) is 10.7. The first kappa shape index (κ1) is 27.3. The third kappa shape index (κ3) is 3.85. The number of hydrogen-bond donors (Lipinski definition) is 0. The molecule has 0 unspecified atom stereocenters. The summed E-state index contributed by atoms with van der Waals surface area (Å²) in [7, 11) is 0. The molecule has 9 aromatic carbocycles. The molecular weight excluding hydrogens is 605 g/mol. The molecule has 0 spiro atoms. The molecule has 2 nitrogen and oxygen atoms in total. The number of aromatic nitrogens is 2. The Morgan fingerprint density at radius 3 is 1.32 bits per heavy atom. The summed E-state index contributed by atoms with van der Waals surface area (Å²) in [5, 5.41) is 12.5. The van der Waals surface area contributed by atoms with Crippen LogP contribution in [0.25, 0.3) is 98.4 Å². The Morgan fingerprint density at radius 2 is 0.700 bits per heavy atom. The monoisotopic (exact) mass is 634 g/mol. The zero-order valence-electron chi connectivity index (χ0n) is 27.2. The maximum Gasteiger partial charge on any atom is 0.0618 e. The number of fused-ring (bicyclic) bond motifs is 9. The Hall–Kier alpha value is -6.64. The minimum atomic E-state index is 1.21. The summed E-state index contributed by atoms with van der Waals surface area (Å²) < 4.78 is 4.92. The highest BCUT2D eigenvalue weighted by molar-refractivity contribution is 6.16. The van der Waals surface area contributed by atoms with Crippen molar-refractivity contribution < 1.29 is 0 Å². The highest BCUT2D eigenvalue weighted by Crippen LogP contribution is 2.41. The van der Waals surface area contributed by atoms with E-state index in [4.69, 9.17) is 0 Å². The summed E-state index contributed by atoms with van der Waals surface area (Å²) >= 11 is 0. The normalized spacial score (nSPS) is 12.0. The molecule has 0 radical (unpaired) electrons. The van der Waals surface area contributed by atoms with E-state index in [0.717, 1.165) is 0 Å². The van der Waals surface area contributed by atoms with Gasteiger partial charge in [-0.2, -0.15) is 0 Å². The first-order chi connectivity index (χ1) is 24.8. The van der Waals surface area contributed by atoms with Gasteiger partial charge in [-0.1, -0.05) is 133 Å². The van der Waals surface area contributed by atoms with Crippen LogP contribution in [-0.2, 0) is 0 Å². The van der Waals surface area contributed by atoms with E-state index in [1.54, 1.807) is 0 Å². The van der Waals surface area contributed by atoms with E-state index >= 15 is 0 Å². The largest absolute Gasteiger partial charge is 0.309 e. The summed E-state index contributed by atoms with van der Waals surface area (Å²) in [4.78, 5) is 0. The molecule has 0 bridgehead atoms. The number of rotatable bonds is 3. The van der Waals surface area contributed by atoms with E-state index in [2.05, 4.69) is 191 Å². The number of hydrogen-bond acceptors (Lipinski definition) is 0. The average molecular weight is 635 g/mol. The van der Waals surface area contributed by atoms with Crippen LogP contribution in [0.4, 0.5) is 0 Å². The molecule has 0 saturated heterocycles. The van der Waals surface area contributed by atoms with Crippen LogP contribution < -0.4 is 0 Å². The third-order valence-corrected chi connectivity index (χ3v) is 10.7. The van der Waals surface area contributed by atoms with Crippen molar-refractivity contribution in [2.45, 2.75) is 0 Å². The first-order valence-electron chi connectivity index (χ1n) is 17.3. The van der Waals surface area contributed by atoms with Crippen molar-refractivity contribution in [3.8, 4) is 22.5 Å². The SMILES string of the molecule is c1ccc2c(-n3c4ccccc4c4cc(-c5ccc6c(c5)c5ccccc5n6-c5c6ccccc6cc6ccccc56)ccc43)cccc2c1. The van der Waals surface area contributed by atoms with Crippen molar-refractivity contribution in [1.29, 1.82) is 0 Å². The van der Waals surface area contributed by atoms with E-state index in [1.807, 2.05) is 0 Å². The smallest absolute Gasteiger partial charge is 0.0618 e. The van der Waals surface area contributed by atoms with Gasteiger partial charge in [0.1, 0.15) is 0 Å². The average Bonchev–Trinajstić information content (AvgIpc) is 3.68. The molecule has 0 atom stereocenters. The molecule has 232 valence electrons. The summed E-state index contributed by atoms with van der Waals surface area (Å²) in [6.45, 7) is 0. The second kappa shape index (κ2) is 10.4. The van der Waals surface area contributed by atoms with Crippen molar-refractivity contribution in [2.75, 3.05) is 0 Å². The maximum absolute atomic E-state index is 2.49. The van der Waals surface area contributed by atoms with Gasteiger partial charge in [0.15, 0.2) is 0 Å². The Labute approximate surface area is 288 Å². The van der Waals surface area contributed by atoms with Crippen molar-refractivity contribution in [3.63, 3.8) is 0 Å². The van der Waals surface area contributed by atoms with Gasteiger partial charge in [0.05, 0.1) is 33.4 Å². The minimum absolute atomic E-state index is 1.21. The molecule has 2 heteroatoms. The van der Waals surface area contributed by atoms with Crippen LogP contribution in [0.1, 0.15) is 0 Å². The zero-order valence-corrected chi connectivity index (χ0v) is 27.2. The lowest BCUT2D eigenvalue weighted by molar-refractivity contribution is 1.20. The lowest BCUT2D eigenvalue weighted by atomic mass is 10.00. The van der Waals surface area contributed by atoms with Crippen LogP contribution in [0.3, 0.4) is 0 Å². The van der Waals surface area contributed by atoms with Gasteiger partial charge in [-0.3, -0.25) is 0 Å². The summed E-state index contributed by atoms with van der Waals surface area (Å²) in [5.74, 6) is 0. The Morgan fingerprint density at radius 1 is 0.260 bits per heavy atom. The molecule has 0 fully saturated rings. The molecule has 0 N–H and O–H groups in total.